The predicted molar refractivity (Wildman–Crippen MR) is 69.8 cm³/mol. The van der Waals surface area contributed by atoms with Gasteiger partial charge in [-0.1, -0.05) is 26.2 Å². The Kier molecular flexibility index (Phi) is 4.42. The van der Waals surface area contributed by atoms with Gasteiger partial charge < -0.3 is 5.73 Å². The number of hydrogen-bond donors (Lipinski definition) is 1. The van der Waals surface area contributed by atoms with Crippen molar-refractivity contribution in [2.24, 2.45) is 11.7 Å². The third kappa shape index (κ3) is 2.67. The fourth-order valence-electron chi connectivity index (χ4n) is 3.24. The van der Waals surface area contributed by atoms with Crippen molar-refractivity contribution in [3.63, 3.8) is 0 Å². The quantitative estimate of drug-likeness (QED) is 0.828. The molecule has 2 aliphatic carbocycles. The van der Waals surface area contributed by atoms with Gasteiger partial charge in [0.1, 0.15) is 0 Å². The summed E-state index contributed by atoms with van der Waals surface area (Å²) in [6.07, 6.45) is 9.56. The summed E-state index contributed by atoms with van der Waals surface area (Å²) in [4.78, 5) is 0. The van der Waals surface area contributed by atoms with Gasteiger partial charge in [0.25, 0.3) is 0 Å². The lowest BCUT2D eigenvalue weighted by atomic mass is 9.84. The highest BCUT2D eigenvalue weighted by Crippen LogP contribution is 2.33. The molecule has 2 aliphatic rings. The van der Waals surface area contributed by atoms with Crippen molar-refractivity contribution in [2.75, 3.05) is 0 Å². The van der Waals surface area contributed by atoms with Crippen LogP contribution in [0.25, 0.3) is 0 Å². The average molecular weight is 243 g/mol. The second kappa shape index (κ2) is 5.63. The summed E-state index contributed by atoms with van der Waals surface area (Å²) in [5.41, 5.74) is 6.17. The van der Waals surface area contributed by atoms with E-state index < -0.39 is 10.8 Å². The Labute approximate surface area is 102 Å². The van der Waals surface area contributed by atoms with Crippen molar-refractivity contribution < 1.29 is 4.21 Å². The van der Waals surface area contributed by atoms with E-state index in [1.54, 1.807) is 0 Å². The molecular formula is C13H25NOS. The second-order valence-corrected chi connectivity index (χ2v) is 7.45. The van der Waals surface area contributed by atoms with Crippen LogP contribution in [0.4, 0.5) is 0 Å². The van der Waals surface area contributed by atoms with Gasteiger partial charge in [-0.05, 0) is 38.0 Å². The van der Waals surface area contributed by atoms with Crippen molar-refractivity contribution >= 4 is 10.8 Å². The molecule has 2 N–H and O–H groups in total. The molecule has 0 aromatic carbocycles. The third-order valence-electron chi connectivity index (χ3n) is 4.46. The molecule has 94 valence electrons. The van der Waals surface area contributed by atoms with Crippen LogP contribution in [0.2, 0.25) is 0 Å². The zero-order chi connectivity index (χ0) is 11.5. The maximum absolute atomic E-state index is 12.5. The topological polar surface area (TPSA) is 43.1 Å². The van der Waals surface area contributed by atoms with E-state index >= 15 is 0 Å². The minimum absolute atomic E-state index is 0.198. The lowest BCUT2D eigenvalue weighted by Crippen LogP contribution is -2.45. The zero-order valence-electron chi connectivity index (χ0n) is 10.4. The predicted octanol–water partition coefficient (Wildman–Crippen LogP) is 2.58. The summed E-state index contributed by atoms with van der Waals surface area (Å²) >= 11 is 0. The van der Waals surface area contributed by atoms with Gasteiger partial charge >= 0.3 is 0 Å². The van der Waals surface area contributed by atoms with Crippen LogP contribution in [0.15, 0.2) is 0 Å². The van der Waals surface area contributed by atoms with E-state index in [0.29, 0.717) is 10.5 Å². The van der Waals surface area contributed by atoms with Crippen molar-refractivity contribution in [3.05, 3.63) is 0 Å². The average Bonchev–Trinajstić information content (AvgIpc) is 2.82. The highest BCUT2D eigenvalue weighted by molar-refractivity contribution is 7.86. The maximum Gasteiger partial charge on any atom is 0.0504 e. The van der Waals surface area contributed by atoms with Gasteiger partial charge in [-0.15, -0.1) is 0 Å². The van der Waals surface area contributed by atoms with E-state index in [9.17, 15) is 4.21 Å². The Hall–Kier alpha value is 0.110. The largest absolute Gasteiger partial charge is 0.327 e. The number of nitrogens with two attached hydrogens (primary N) is 1. The maximum atomic E-state index is 12.5. The summed E-state index contributed by atoms with van der Waals surface area (Å²) in [5, 5.41) is 0.758. The molecule has 2 fully saturated rings. The summed E-state index contributed by atoms with van der Waals surface area (Å²) in [6.45, 7) is 2.25. The van der Waals surface area contributed by atoms with Crippen LogP contribution < -0.4 is 5.73 Å². The molecule has 0 amide bonds. The second-order valence-electron chi connectivity index (χ2n) is 5.52. The molecular weight excluding hydrogens is 218 g/mol. The molecule has 0 saturated heterocycles. The summed E-state index contributed by atoms with van der Waals surface area (Å²) < 4.78 is 12.5. The first-order valence-corrected chi connectivity index (χ1v) is 8.15. The molecule has 0 aromatic heterocycles. The molecule has 2 nitrogen and oxygen atoms in total. The molecule has 4 unspecified atom stereocenters. The van der Waals surface area contributed by atoms with Crippen LogP contribution in [0.1, 0.15) is 58.3 Å². The molecule has 0 radical (unpaired) electrons. The molecule has 0 spiro atoms. The number of hydrogen-bond acceptors (Lipinski definition) is 2. The highest BCUT2D eigenvalue weighted by atomic mass is 32.2. The fraction of sp³-hybridized carbons (Fsp3) is 1.00. The summed E-state index contributed by atoms with van der Waals surface area (Å²) in [6, 6.07) is 0.198. The SMILES string of the molecule is CCC1CCC(N)C(S(=O)C2CCCC2)C1. The van der Waals surface area contributed by atoms with Crippen LogP contribution in [-0.2, 0) is 10.8 Å². The Morgan fingerprint density at radius 1 is 1.19 bits per heavy atom. The van der Waals surface area contributed by atoms with Crippen LogP contribution in [0.3, 0.4) is 0 Å². The van der Waals surface area contributed by atoms with Gasteiger partial charge in [-0.3, -0.25) is 4.21 Å². The molecule has 4 atom stereocenters. The zero-order valence-corrected chi connectivity index (χ0v) is 11.2. The minimum Gasteiger partial charge on any atom is -0.327 e. The summed E-state index contributed by atoms with van der Waals surface area (Å²) in [7, 11) is -0.659. The van der Waals surface area contributed by atoms with Gasteiger partial charge in [-0.2, -0.15) is 0 Å². The first-order chi connectivity index (χ1) is 7.72. The minimum atomic E-state index is -0.659. The lowest BCUT2D eigenvalue weighted by Gasteiger charge is -2.34. The normalized spacial score (nSPS) is 38.8. The fourth-order valence-corrected chi connectivity index (χ4v) is 5.48. The third-order valence-corrected chi connectivity index (χ3v) is 6.73. The van der Waals surface area contributed by atoms with Gasteiger partial charge in [-0.25, -0.2) is 0 Å². The first-order valence-electron chi connectivity index (χ1n) is 6.87. The van der Waals surface area contributed by atoms with E-state index in [4.69, 9.17) is 5.73 Å². The Morgan fingerprint density at radius 3 is 2.50 bits per heavy atom. The molecule has 0 bridgehead atoms. The van der Waals surface area contributed by atoms with Gasteiger partial charge in [0.05, 0.1) is 5.25 Å². The van der Waals surface area contributed by atoms with Crippen LogP contribution in [-0.4, -0.2) is 20.8 Å². The molecule has 0 aliphatic heterocycles. The van der Waals surface area contributed by atoms with Crippen LogP contribution in [0, 0.1) is 5.92 Å². The van der Waals surface area contributed by atoms with E-state index in [1.165, 1.54) is 38.5 Å². The highest BCUT2D eigenvalue weighted by Gasteiger charge is 2.35. The molecule has 3 heteroatoms. The Morgan fingerprint density at radius 2 is 1.88 bits per heavy atom. The van der Waals surface area contributed by atoms with Gasteiger partial charge in [0, 0.05) is 22.1 Å². The molecule has 2 rings (SSSR count). The van der Waals surface area contributed by atoms with Crippen molar-refractivity contribution in [2.45, 2.75) is 74.8 Å². The summed E-state index contributed by atoms with van der Waals surface area (Å²) in [5.74, 6) is 0.773. The van der Waals surface area contributed by atoms with Crippen molar-refractivity contribution in [1.82, 2.24) is 0 Å². The Balaban J connectivity index is 1.97. The molecule has 0 heterocycles. The molecule has 0 aromatic rings. The smallest absolute Gasteiger partial charge is 0.0504 e. The van der Waals surface area contributed by atoms with E-state index in [2.05, 4.69) is 6.92 Å². The lowest BCUT2D eigenvalue weighted by molar-refractivity contribution is 0.323. The van der Waals surface area contributed by atoms with Gasteiger partial charge in [0.15, 0.2) is 0 Å². The van der Waals surface area contributed by atoms with Crippen LogP contribution >= 0.6 is 0 Å². The number of rotatable bonds is 3. The first kappa shape index (κ1) is 12.6. The van der Waals surface area contributed by atoms with E-state index in [-0.39, 0.29) is 6.04 Å². The monoisotopic (exact) mass is 243 g/mol. The standard InChI is InChI=1S/C13H25NOS/c1-2-10-7-8-12(14)13(9-10)16(15)11-5-3-4-6-11/h10-13H,2-9,14H2,1H3. The molecule has 16 heavy (non-hydrogen) atoms. The van der Waals surface area contributed by atoms with Gasteiger partial charge in [0.2, 0.25) is 0 Å². The van der Waals surface area contributed by atoms with Crippen LogP contribution in [0.5, 0.6) is 0 Å². The van der Waals surface area contributed by atoms with E-state index in [1.807, 2.05) is 0 Å². The van der Waals surface area contributed by atoms with Crippen molar-refractivity contribution in [1.29, 1.82) is 0 Å². The Bertz CT molecular complexity index is 250. The molecule has 2 saturated carbocycles. The van der Waals surface area contributed by atoms with E-state index in [0.717, 1.165) is 18.8 Å². The van der Waals surface area contributed by atoms with Crippen molar-refractivity contribution in [3.8, 4) is 0 Å².